The van der Waals surface area contributed by atoms with Gasteiger partial charge in [-0.3, -0.25) is 4.79 Å². The predicted octanol–water partition coefficient (Wildman–Crippen LogP) is 2.86. The molecule has 0 spiro atoms. The van der Waals surface area contributed by atoms with Gasteiger partial charge in [0.1, 0.15) is 0 Å². The van der Waals surface area contributed by atoms with Gasteiger partial charge in [0, 0.05) is 5.56 Å². The van der Waals surface area contributed by atoms with Crippen LogP contribution in [0.3, 0.4) is 0 Å². The lowest BCUT2D eigenvalue weighted by Gasteiger charge is -1.87. The second kappa shape index (κ2) is 5.78. The smallest absolute Gasteiger partial charge is 0.252 e. The van der Waals surface area contributed by atoms with Gasteiger partial charge in [0.15, 0.2) is 0 Å². The number of benzene rings is 1. The summed E-state index contributed by atoms with van der Waals surface area (Å²) < 4.78 is 4.86. The Labute approximate surface area is 88.8 Å². The summed E-state index contributed by atoms with van der Waals surface area (Å²) in [5.41, 5.74) is 0.541. The molecule has 0 aromatic heterocycles. The fraction of sp³-hybridized carbons (Fsp3) is 0.364. The standard InChI is InChI=1S/C7H5ClO.C4H8O/c8-7(9)6-4-2-1-3-5-6;1-2-4-3-5-4/h1-5H;4H,2-3H2,1H3. The van der Waals surface area contributed by atoms with Gasteiger partial charge in [-0.15, -0.1) is 0 Å². The van der Waals surface area contributed by atoms with Crippen molar-refractivity contribution in [1.82, 2.24) is 0 Å². The monoisotopic (exact) mass is 212 g/mol. The van der Waals surface area contributed by atoms with Crippen molar-refractivity contribution in [2.24, 2.45) is 0 Å². The van der Waals surface area contributed by atoms with E-state index in [9.17, 15) is 4.79 Å². The van der Waals surface area contributed by atoms with Gasteiger partial charge in [0.25, 0.3) is 5.24 Å². The van der Waals surface area contributed by atoms with Crippen LogP contribution in [0.4, 0.5) is 0 Å². The molecule has 0 N–H and O–H groups in total. The van der Waals surface area contributed by atoms with Gasteiger partial charge < -0.3 is 4.74 Å². The summed E-state index contributed by atoms with van der Waals surface area (Å²) in [6, 6.07) is 8.74. The van der Waals surface area contributed by atoms with Gasteiger partial charge >= 0.3 is 0 Å². The maximum absolute atomic E-state index is 10.4. The SMILES string of the molecule is CCC1CO1.O=C(Cl)c1ccccc1. The van der Waals surface area contributed by atoms with Crippen molar-refractivity contribution in [1.29, 1.82) is 0 Å². The number of hydrogen-bond acceptors (Lipinski definition) is 2. The highest BCUT2D eigenvalue weighted by Gasteiger charge is 2.18. The molecule has 3 heteroatoms. The second-order valence-corrected chi connectivity index (χ2v) is 3.35. The first kappa shape index (κ1) is 11.2. The molecule has 1 aliphatic heterocycles. The lowest BCUT2D eigenvalue weighted by Crippen LogP contribution is -1.84. The van der Waals surface area contributed by atoms with Crippen molar-refractivity contribution < 1.29 is 9.53 Å². The van der Waals surface area contributed by atoms with E-state index in [0.29, 0.717) is 11.7 Å². The van der Waals surface area contributed by atoms with E-state index in [1.54, 1.807) is 24.3 Å². The maximum Gasteiger partial charge on any atom is 0.252 e. The average Bonchev–Trinajstić information content (AvgIpc) is 3.03. The molecule has 0 aliphatic carbocycles. The Morgan fingerprint density at radius 2 is 2.07 bits per heavy atom. The summed E-state index contributed by atoms with van der Waals surface area (Å²) in [4.78, 5) is 10.4. The Morgan fingerprint density at radius 1 is 1.50 bits per heavy atom. The van der Waals surface area contributed by atoms with Crippen LogP contribution in [-0.4, -0.2) is 18.0 Å². The van der Waals surface area contributed by atoms with E-state index in [4.69, 9.17) is 16.3 Å². The van der Waals surface area contributed by atoms with E-state index in [-0.39, 0.29) is 0 Å². The van der Waals surface area contributed by atoms with Gasteiger partial charge in [-0.1, -0.05) is 37.3 Å². The molecule has 1 aromatic carbocycles. The molecule has 1 unspecified atom stereocenters. The summed E-state index contributed by atoms with van der Waals surface area (Å²) in [5.74, 6) is 0. The van der Waals surface area contributed by atoms with Gasteiger partial charge in [-0.2, -0.15) is 0 Å². The lowest BCUT2D eigenvalue weighted by molar-refractivity contribution is 0.108. The summed E-state index contributed by atoms with van der Waals surface area (Å²) in [6.45, 7) is 3.15. The fourth-order valence-corrected chi connectivity index (χ4v) is 0.999. The van der Waals surface area contributed by atoms with Crippen LogP contribution in [0.1, 0.15) is 23.7 Å². The largest absolute Gasteiger partial charge is 0.373 e. The third kappa shape index (κ3) is 4.40. The number of halogens is 1. The third-order valence-corrected chi connectivity index (χ3v) is 2.08. The van der Waals surface area contributed by atoms with Crippen molar-refractivity contribution in [3.8, 4) is 0 Å². The Balaban J connectivity index is 0.000000165. The van der Waals surface area contributed by atoms with E-state index < -0.39 is 5.24 Å². The Kier molecular flexibility index (Phi) is 4.63. The number of carbonyl (C=O) groups excluding carboxylic acids is 1. The van der Waals surface area contributed by atoms with Crippen LogP contribution in [-0.2, 0) is 4.74 Å². The zero-order valence-corrected chi connectivity index (χ0v) is 8.83. The molecule has 2 rings (SSSR count). The molecule has 14 heavy (non-hydrogen) atoms. The van der Waals surface area contributed by atoms with Crippen molar-refractivity contribution in [3.05, 3.63) is 35.9 Å². The van der Waals surface area contributed by atoms with Crippen LogP contribution in [0.2, 0.25) is 0 Å². The number of epoxide rings is 1. The van der Waals surface area contributed by atoms with Crippen LogP contribution in [0.5, 0.6) is 0 Å². The van der Waals surface area contributed by atoms with Crippen LogP contribution in [0, 0.1) is 0 Å². The first-order valence-corrected chi connectivity index (χ1v) is 4.98. The van der Waals surface area contributed by atoms with Gasteiger partial charge in [-0.05, 0) is 18.0 Å². The first-order valence-electron chi connectivity index (χ1n) is 4.60. The molecule has 0 amide bonds. The summed E-state index contributed by atoms with van der Waals surface area (Å²) in [7, 11) is 0. The van der Waals surface area contributed by atoms with E-state index in [2.05, 4.69) is 6.92 Å². The van der Waals surface area contributed by atoms with Crippen LogP contribution in [0.15, 0.2) is 30.3 Å². The molecule has 1 saturated heterocycles. The molecule has 1 aromatic rings. The number of rotatable bonds is 2. The molecule has 76 valence electrons. The topological polar surface area (TPSA) is 29.6 Å². The molecule has 0 radical (unpaired) electrons. The third-order valence-electron chi connectivity index (χ3n) is 1.86. The van der Waals surface area contributed by atoms with Crippen molar-refractivity contribution >= 4 is 16.8 Å². The zero-order valence-electron chi connectivity index (χ0n) is 8.07. The number of ether oxygens (including phenoxy) is 1. The molecular weight excluding hydrogens is 200 g/mol. The van der Waals surface area contributed by atoms with Crippen molar-refractivity contribution in [2.75, 3.05) is 6.61 Å². The first-order chi connectivity index (χ1) is 6.74. The predicted molar refractivity (Wildman–Crippen MR) is 56.7 cm³/mol. The van der Waals surface area contributed by atoms with Crippen molar-refractivity contribution in [3.63, 3.8) is 0 Å². The zero-order chi connectivity index (χ0) is 10.4. The molecule has 0 saturated carbocycles. The van der Waals surface area contributed by atoms with Gasteiger partial charge in [-0.25, -0.2) is 0 Å². The molecule has 1 atom stereocenters. The van der Waals surface area contributed by atoms with Crippen LogP contribution < -0.4 is 0 Å². The summed E-state index contributed by atoms with van der Waals surface area (Å²) >= 11 is 5.16. The molecule has 1 fully saturated rings. The maximum atomic E-state index is 10.4. The Morgan fingerprint density at radius 3 is 2.29 bits per heavy atom. The Bertz CT molecular complexity index is 281. The van der Waals surface area contributed by atoms with Gasteiger partial charge in [0.05, 0.1) is 12.7 Å². The summed E-state index contributed by atoms with van der Waals surface area (Å²) in [5, 5.41) is -0.407. The molecule has 1 aliphatic rings. The number of carbonyl (C=O) groups is 1. The van der Waals surface area contributed by atoms with Crippen LogP contribution in [0.25, 0.3) is 0 Å². The normalized spacial score (nSPS) is 18.0. The Hall–Kier alpha value is -0.860. The lowest BCUT2D eigenvalue weighted by atomic mass is 10.2. The van der Waals surface area contributed by atoms with Crippen molar-refractivity contribution in [2.45, 2.75) is 19.4 Å². The van der Waals surface area contributed by atoms with E-state index in [0.717, 1.165) is 6.61 Å². The van der Waals surface area contributed by atoms with E-state index in [1.807, 2.05) is 6.07 Å². The van der Waals surface area contributed by atoms with Crippen LogP contribution >= 0.6 is 11.6 Å². The number of hydrogen-bond donors (Lipinski definition) is 0. The highest BCUT2D eigenvalue weighted by Crippen LogP contribution is 2.10. The second-order valence-electron chi connectivity index (χ2n) is 3.00. The summed E-state index contributed by atoms with van der Waals surface area (Å²) in [6.07, 6.45) is 1.83. The highest BCUT2D eigenvalue weighted by atomic mass is 35.5. The minimum atomic E-state index is -0.407. The van der Waals surface area contributed by atoms with Gasteiger partial charge in [0.2, 0.25) is 0 Å². The molecular formula is C11H13ClO2. The minimum Gasteiger partial charge on any atom is -0.373 e. The quantitative estimate of drug-likeness (QED) is 0.557. The fourth-order valence-electron chi connectivity index (χ4n) is 0.873. The molecule has 1 heterocycles. The van der Waals surface area contributed by atoms with E-state index >= 15 is 0 Å². The minimum absolute atomic E-state index is 0.407. The highest BCUT2D eigenvalue weighted by molar-refractivity contribution is 6.67. The molecule has 0 bridgehead atoms. The van der Waals surface area contributed by atoms with E-state index in [1.165, 1.54) is 6.42 Å². The average molecular weight is 213 g/mol. The molecule has 2 nitrogen and oxygen atoms in total.